The van der Waals surface area contributed by atoms with Crippen molar-refractivity contribution in [3.63, 3.8) is 0 Å². The fourth-order valence-corrected chi connectivity index (χ4v) is 5.63. The Morgan fingerprint density at radius 2 is 1.23 bits per heavy atom. The zero-order valence-electron chi connectivity index (χ0n) is 18.0. The van der Waals surface area contributed by atoms with Crippen LogP contribution in [0.5, 0.6) is 0 Å². The van der Waals surface area contributed by atoms with E-state index in [1.54, 1.807) is 13.8 Å². The number of esters is 2. The van der Waals surface area contributed by atoms with Gasteiger partial charge in [0.1, 0.15) is 0 Å². The lowest BCUT2D eigenvalue weighted by Gasteiger charge is -2.51. The molecule has 170 valence electrons. The molecule has 2 aliphatic carbocycles. The molecule has 0 aliphatic heterocycles. The average Bonchev–Trinajstić information content (AvgIpc) is 2.67. The van der Waals surface area contributed by atoms with Gasteiger partial charge < -0.3 is 9.47 Å². The molecule has 30 heavy (non-hydrogen) atoms. The predicted molar refractivity (Wildman–Crippen MR) is 106 cm³/mol. The molecule has 0 radical (unpaired) electrons. The maximum absolute atomic E-state index is 12.5. The van der Waals surface area contributed by atoms with Gasteiger partial charge in [0.05, 0.1) is 31.0 Å². The molecule has 10 heteroatoms. The largest absolute Gasteiger partial charge is 0.466 e. The van der Waals surface area contributed by atoms with Gasteiger partial charge in [-0.15, -0.1) is 0 Å². The van der Waals surface area contributed by atoms with Crippen molar-refractivity contribution in [1.82, 2.24) is 0 Å². The molecule has 0 aromatic rings. The van der Waals surface area contributed by atoms with E-state index in [0.717, 1.165) is 12.8 Å². The van der Waals surface area contributed by atoms with Gasteiger partial charge in [-0.25, -0.2) is 0 Å². The number of carbonyl (C=O) groups is 2. The van der Waals surface area contributed by atoms with E-state index in [1.165, 1.54) is 0 Å². The van der Waals surface area contributed by atoms with Gasteiger partial charge in [0, 0.05) is 35.5 Å². The standard InChI is InChI=1S/C20H32N2O8/c1-4-7-8-9-16-19(21(25)26)10-14(17(23)29-5-2)11-20(16,22(27)28)13-15(12-19)18(24)30-6-3/h14-16H,4-13H2,1-3H3. The van der Waals surface area contributed by atoms with Crippen molar-refractivity contribution in [2.24, 2.45) is 17.8 Å². The normalized spacial score (nSPS) is 32.8. The number of nitro groups is 2. The van der Waals surface area contributed by atoms with Crippen LogP contribution < -0.4 is 0 Å². The number of carbonyl (C=O) groups excluding carboxylic acids is 2. The summed E-state index contributed by atoms with van der Waals surface area (Å²) in [7, 11) is 0. The van der Waals surface area contributed by atoms with E-state index in [-0.39, 0.29) is 38.9 Å². The van der Waals surface area contributed by atoms with Gasteiger partial charge in [-0.2, -0.15) is 0 Å². The Morgan fingerprint density at radius 3 is 1.53 bits per heavy atom. The van der Waals surface area contributed by atoms with Crippen molar-refractivity contribution in [1.29, 1.82) is 0 Å². The predicted octanol–water partition coefficient (Wildman–Crippen LogP) is 3.16. The molecule has 0 heterocycles. The first-order chi connectivity index (χ1) is 14.2. The van der Waals surface area contributed by atoms with Crippen LogP contribution in [0.1, 0.15) is 72.1 Å². The number of hydrogen-bond donors (Lipinski definition) is 0. The smallest absolute Gasteiger partial charge is 0.309 e. The van der Waals surface area contributed by atoms with Crippen LogP contribution in [0.4, 0.5) is 0 Å². The fourth-order valence-electron chi connectivity index (χ4n) is 5.63. The topological polar surface area (TPSA) is 139 Å². The molecule has 0 atom stereocenters. The SMILES string of the molecule is CCCCCC1C2([N+](=O)[O-])CC(C(=O)OCC)CC1([N+](=O)[O-])CC(C(=O)OCC)C2. The fraction of sp³-hybridized carbons (Fsp3) is 0.900. The lowest BCUT2D eigenvalue weighted by Crippen LogP contribution is -2.69. The molecule has 0 aromatic carbocycles. The second kappa shape index (κ2) is 9.70. The van der Waals surface area contributed by atoms with Gasteiger partial charge in [0.25, 0.3) is 0 Å². The summed E-state index contributed by atoms with van der Waals surface area (Å²) in [5.41, 5.74) is -3.46. The summed E-state index contributed by atoms with van der Waals surface area (Å²) in [4.78, 5) is 48.9. The van der Waals surface area contributed by atoms with Crippen LogP contribution in [0, 0.1) is 38.0 Å². The summed E-state index contributed by atoms with van der Waals surface area (Å²) >= 11 is 0. The van der Waals surface area contributed by atoms with E-state index >= 15 is 0 Å². The van der Waals surface area contributed by atoms with Crippen LogP contribution in [0.25, 0.3) is 0 Å². The lowest BCUT2D eigenvalue weighted by atomic mass is 9.50. The van der Waals surface area contributed by atoms with Crippen LogP contribution in [-0.2, 0) is 19.1 Å². The van der Waals surface area contributed by atoms with Crippen molar-refractivity contribution < 1.29 is 28.9 Å². The third-order valence-corrected chi connectivity index (χ3v) is 6.76. The van der Waals surface area contributed by atoms with Crippen LogP contribution in [0.2, 0.25) is 0 Å². The van der Waals surface area contributed by atoms with E-state index in [9.17, 15) is 29.8 Å². The third kappa shape index (κ3) is 4.27. The Labute approximate surface area is 176 Å². The van der Waals surface area contributed by atoms with Crippen molar-refractivity contribution in [2.75, 3.05) is 13.2 Å². The van der Waals surface area contributed by atoms with Crippen molar-refractivity contribution in [2.45, 2.75) is 83.2 Å². The third-order valence-electron chi connectivity index (χ3n) is 6.76. The summed E-state index contributed by atoms with van der Waals surface area (Å²) in [6.45, 7) is 5.42. The molecule has 0 aromatic heterocycles. The second-order valence-electron chi connectivity index (χ2n) is 8.48. The summed E-state index contributed by atoms with van der Waals surface area (Å²) in [5.74, 6) is -4.01. The number of fused-ring (bicyclic) bond motifs is 2. The number of nitrogens with zero attached hydrogens (tertiary/aromatic N) is 2. The Hall–Kier alpha value is -2.26. The molecule has 10 nitrogen and oxygen atoms in total. The molecular weight excluding hydrogens is 396 g/mol. The molecule has 2 fully saturated rings. The van der Waals surface area contributed by atoms with Crippen molar-refractivity contribution >= 4 is 11.9 Å². The van der Waals surface area contributed by atoms with Gasteiger partial charge >= 0.3 is 11.9 Å². The minimum absolute atomic E-state index is 0.0949. The highest BCUT2D eigenvalue weighted by Gasteiger charge is 2.74. The first-order valence-corrected chi connectivity index (χ1v) is 10.8. The maximum atomic E-state index is 12.5. The first kappa shape index (κ1) is 24.0. The molecule has 2 aliphatic rings. The molecule has 2 saturated carbocycles. The summed E-state index contributed by atoms with van der Waals surface area (Å²) in [6, 6.07) is 0. The average molecular weight is 428 g/mol. The van der Waals surface area contributed by atoms with Gasteiger partial charge in [-0.1, -0.05) is 26.2 Å². The molecule has 0 saturated heterocycles. The molecular formula is C20H32N2O8. The molecule has 2 bridgehead atoms. The Balaban J connectivity index is 2.57. The zero-order valence-corrected chi connectivity index (χ0v) is 18.0. The van der Waals surface area contributed by atoms with Gasteiger partial charge in [-0.3, -0.25) is 29.8 Å². The highest BCUT2D eigenvalue weighted by atomic mass is 16.6. The molecule has 0 N–H and O–H groups in total. The summed E-state index contributed by atoms with van der Waals surface area (Å²) < 4.78 is 10.1. The van der Waals surface area contributed by atoms with E-state index < -0.39 is 50.6 Å². The van der Waals surface area contributed by atoms with E-state index in [4.69, 9.17) is 9.47 Å². The molecule has 0 amide bonds. The number of hydrogen-bond acceptors (Lipinski definition) is 8. The maximum Gasteiger partial charge on any atom is 0.309 e. The van der Waals surface area contributed by atoms with E-state index in [2.05, 4.69) is 0 Å². The van der Waals surface area contributed by atoms with Crippen LogP contribution in [0.3, 0.4) is 0 Å². The van der Waals surface area contributed by atoms with Gasteiger partial charge in [-0.05, 0) is 20.3 Å². The Bertz CT molecular complexity index is 616. The second-order valence-corrected chi connectivity index (χ2v) is 8.48. The van der Waals surface area contributed by atoms with Crippen molar-refractivity contribution in [3.8, 4) is 0 Å². The van der Waals surface area contributed by atoms with Crippen molar-refractivity contribution in [3.05, 3.63) is 20.2 Å². The van der Waals surface area contributed by atoms with Crippen LogP contribution in [-0.4, -0.2) is 46.1 Å². The number of unbranched alkanes of at least 4 members (excludes halogenated alkanes) is 2. The molecule has 0 spiro atoms. The van der Waals surface area contributed by atoms with Crippen LogP contribution >= 0.6 is 0 Å². The quantitative estimate of drug-likeness (QED) is 0.224. The molecule has 0 unspecified atom stereocenters. The minimum Gasteiger partial charge on any atom is -0.466 e. The van der Waals surface area contributed by atoms with Crippen LogP contribution in [0.15, 0.2) is 0 Å². The van der Waals surface area contributed by atoms with E-state index in [1.807, 2.05) is 6.92 Å². The van der Waals surface area contributed by atoms with Gasteiger partial charge in [0.2, 0.25) is 11.1 Å². The summed E-state index contributed by atoms with van der Waals surface area (Å²) in [6.07, 6.45) is 2.02. The monoisotopic (exact) mass is 428 g/mol. The first-order valence-electron chi connectivity index (χ1n) is 10.8. The zero-order chi connectivity index (χ0) is 22.5. The highest BCUT2D eigenvalue weighted by molar-refractivity contribution is 5.75. The summed E-state index contributed by atoms with van der Waals surface area (Å²) in [5, 5.41) is 24.9. The lowest BCUT2D eigenvalue weighted by molar-refractivity contribution is -0.655. The Kier molecular flexibility index (Phi) is 7.76. The Morgan fingerprint density at radius 1 is 0.833 bits per heavy atom. The minimum atomic E-state index is -1.73. The molecule has 2 rings (SSSR count). The van der Waals surface area contributed by atoms with E-state index in [0.29, 0.717) is 12.8 Å². The number of ether oxygens (including phenoxy) is 2. The number of rotatable bonds is 10. The van der Waals surface area contributed by atoms with Gasteiger partial charge in [0.15, 0.2) is 0 Å². The highest BCUT2D eigenvalue weighted by Crippen LogP contribution is 2.58.